The van der Waals surface area contributed by atoms with Crippen LogP contribution in [0.15, 0.2) is 42.7 Å². The molecule has 26 heavy (non-hydrogen) atoms. The van der Waals surface area contributed by atoms with Crippen molar-refractivity contribution in [1.29, 1.82) is 0 Å². The van der Waals surface area contributed by atoms with Crippen LogP contribution in [0.2, 0.25) is 0 Å². The molecule has 0 amide bonds. The van der Waals surface area contributed by atoms with Gasteiger partial charge in [0.2, 0.25) is 5.88 Å². The van der Waals surface area contributed by atoms with Gasteiger partial charge in [-0.2, -0.15) is 4.98 Å². The Kier molecular flexibility index (Phi) is 4.90. The largest absolute Gasteiger partial charge is 0.474 e. The fourth-order valence-electron chi connectivity index (χ4n) is 2.81. The zero-order chi connectivity index (χ0) is 17.8. The van der Waals surface area contributed by atoms with Crippen LogP contribution in [-0.2, 0) is 4.74 Å². The van der Waals surface area contributed by atoms with Gasteiger partial charge in [0.05, 0.1) is 18.5 Å². The standard InChI is InChI=1S/C19H21N5O2/c1-13-19(26-12-16-10-20-6-7-25-16)24-18(11-21-13)23-17-8-14-4-2-3-5-15(14)9-22-17/h2-5,8-9,11,16,20H,6-7,10,12H2,1H3,(H,22,23,24)/t16-/m1/s1. The zero-order valence-corrected chi connectivity index (χ0v) is 14.6. The Balaban J connectivity index is 1.47. The van der Waals surface area contributed by atoms with Crippen LogP contribution < -0.4 is 15.4 Å². The van der Waals surface area contributed by atoms with Crippen molar-refractivity contribution in [2.45, 2.75) is 13.0 Å². The Bertz CT molecular complexity index is 896. The van der Waals surface area contributed by atoms with Gasteiger partial charge in [0.25, 0.3) is 0 Å². The molecule has 3 aromatic rings. The van der Waals surface area contributed by atoms with Crippen molar-refractivity contribution in [3.05, 3.63) is 48.4 Å². The molecule has 1 aliphatic heterocycles. The van der Waals surface area contributed by atoms with E-state index in [1.165, 1.54) is 0 Å². The molecule has 3 heterocycles. The lowest BCUT2D eigenvalue weighted by Crippen LogP contribution is -2.41. The highest BCUT2D eigenvalue weighted by atomic mass is 16.5. The van der Waals surface area contributed by atoms with Gasteiger partial charge in [-0.1, -0.05) is 24.3 Å². The van der Waals surface area contributed by atoms with Crippen LogP contribution in [0.5, 0.6) is 5.88 Å². The van der Waals surface area contributed by atoms with Gasteiger partial charge in [0.1, 0.15) is 18.5 Å². The predicted molar refractivity (Wildman–Crippen MR) is 99.9 cm³/mol. The molecule has 7 nitrogen and oxygen atoms in total. The quantitative estimate of drug-likeness (QED) is 0.731. The van der Waals surface area contributed by atoms with E-state index in [9.17, 15) is 0 Å². The molecule has 134 valence electrons. The summed E-state index contributed by atoms with van der Waals surface area (Å²) in [6, 6.07) is 10.1. The van der Waals surface area contributed by atoms with Crippen LogP contribution in [0.3, 0.4) is 0 Å². The molecule has 0 spiro atoms. The number of aromatic nitrogens is 3. The summed E-state index contributed by atoms with van der Waals surface area (Å²) in [5.41, 5.74) is 0.741. The van der Waals surface area contributed by atoms with Crippen LogP contribution in [-0.4, -0.2) is 47.4 Å². The number of aryl methyl sites for hydroxylation is 1. The number of hydrogen-bond donors (Lipinski definition) is 2. The second-order valence-corrected chi connectivity index (χ2v) is 6.20. The number of morpholine rings is 1. The van der Waals surface area contributed by atoms with E-state index in [1.54, 1.807) is 6.20 Å². The zero-order valence-electron chi connectivity index (χ0n) is 14.6. The Morgan fingerprint density at radius 3 is 2.92 bits per heavy atom. The number of fused-ring (bicyclic) bond motifs is 1. The number of hydrogen-bond acceptors (Lipinski definition) is 7. The van der Waals surface area contributed by atoms with Gasteiger partial charge in [-0.15, -0.1) is 0 Å². The highest BCUT2D eigenvalue weighted by molar-refractivity contribution is 5.84. The molecule has 7 heteroatoms. The van der Waals surface area contributed by atoms with Crippen LogP contribution in [0.25, 0.3) is 10.8 Å². The lowest BCUT2D eigenvalue weighted by Gasteiger charge is -2.23. The van der Waals surface area contributed by atoms with E-state index in [4.69, 9.17) is 9.47 Å². The first-order valence-corrected chi connectivity index (χ1v) is 8.68. The molecular formula is C19H21N5O2. The van der Waals surface area contributed by atoms with Crippen molar-refractivity contribution in [2.75, 3.05) is 31.6 Å². The van der Waals surface area contributed by atoms with Crippen molar-refractivity contribution in [2.24, 2.45) is 0 Å². The molecule has 0 bridgehead atoms. The molecule has 0 aliphatic carbocycles. The van der Waals surface area contributed by atoms with Crippen molar-refractivity contribution in [1.82, 2.24) is 20.3 Å². The van der Waals surface area contributed by atoms with E-state index in [1.807, 2.05) is 37.4 Å². The Morgan fingerprint density at radius 1 is 1.19 bits per heavy atom. The molecule has 0 radical (unpaired) electrons. The molecular weight excluding hydrogens is 330 g/mol. The SMILES string of the molecule is Cc1ncc(Nc2cc3ccccc3cn2)nc1OC[C@H]1CNCCO1. The van der Waals surface area contributed by atoms with E-state index in [-0.39, 0.29) is 6.10 Å². The lowest BCUT2D eigenvalue weighted by molar-refractivity contribution is -0.000949. The van der Waals surface area contributed by atoms with Gasteiger partial charge < -0.3 is 20.1 Å². The van der Waals surface area contributed by atoms with E-state index in [0.717, 1.165) is 29.6 Å². The number of anilines is 2. The fourth-order valence-corrected chi connectivity index (χ4v) is 2.81. The molecule has 0 unspecified atom stereocenters. The van der Waals surface area contributed by atoms with Crippen molar-refractivity contribution in [3.8, 4) is 5.88 Å². The van der Waals surface area contributed by atoms with Crippen LogP contribution >= 0.6 is 0 Å². The topological polar surface area (TPSA) is 81.2 Å². The summed E-state index contributed by atoms with van der Waals surface area (Å²) in [5, 5.41) is 8.69. The van der Waals surface area contributed by atoms with Gasteiger partial charge in [-0.3, -0.25) is 4.98 Å². The van der Waals surface area contributed by atoms with Gasteiger partial charge >= 0.3 is 0 Å². The molecule has 1 aliphatic rings. The molecule has 0 saturated carbocycles. The Morgan fingerprint density at radius 2 is 2.08 bits per heavy atom. The summed E-state index contributed by atoms with van der Waals surface area (Å²) in [7, 11) is 0. The van der Waals surface area contributed by atoms with Crippen molar-refractivity contribution >= 4 is 22.4 Å². The fraction of sp³-hybridized carbons (Fsp3) is 0.316. The number of nitrogens with zero attached hydrogens (tertiary/aromatic N) is 3. The number of pyridine rings is 1. The minimum absolute atomic E-state index is 0.0312. The lowest BCUT2D eigenvalue weighted by atomic mass is 10.2. The number of benzene rings is 1. The Hall–Kier alpha value is -2.77. The van der Waals surface area contributed by atoms with E-state index in [2.05, 4.69) is 31.7 Å². The van der Waals surface area contributed by atoms with Crippen LogP contribution in [0.1, 0.15) is 5.69 Å². The Labute approximate surface area is 151 Å². The van der Waals surface area contributed by atoms with E-state index < -0.39 is 0 Å². The maximum Gasteiger partial charge on any atom is 0.237 e. The third kappa shape index (κ3) is 3.89. The summed E-state index contributed by atoms with van der Waals surface area (Å²) in [5.74, 6) is 1.81. The van der Waals surface area contributed by atoms with E-state index >= 15 is 0 Å². The first kappa shape index (κ1) is 16.7. The molecule has 2 aromatic heterocycles. The van der Waals surface area contributed by atoms with Gasteiger partial charge in [-0.05, 0) is 18.4 Å². The van der Waals surface area contributed by atoms with Crippen molar-refractivity contribution in [3.63, 3.8) is 0 Å². The summed E-state index contributed by atoms with van der Waals surface area (Å²) in [6.45, 7) is 4.69. The average Bonchev–Trinajstić information content (AvgIpc) is 2.69. The van der Waals surface area contributed by atoms with Crippen LogP contribution in [0, 0.1) is 6.92 Å². The number of nitrogens with one attached hydrogen (secondary N) is 2. The minimum Gasteiger partial charge on any atom is -0.474 e. The molecule has 1 atom stereocenters. The van der Waals surface area contributed by atoms with Gasteiger partial charge in [0, 0.05) is 24.7 Å². The van der Waals surface area contributed by atoms with E-state index in [0.29, 0.717) is 30.7 Å². The maximum absolute atomic E-state index is 5.83. The third-order valence-electron chi connectivity index (χ3n) is 4.21. The smallest absolute Gasteiger partial charge is 0.237 e. The second kappa shape index (κ2) is 7.63. The summed E-state index contributed by atoms with van der Waals surface area (Å²) < 4.78 is 11.5. The summed E-state index contributed by atoms with van der Waals surface area (Å²) in [4.78, 5) is 13.3. The average molecular weight is 351 g/mol. The molecule has 1 aromatic carbocycles. The summed E-state index contributed by atoms with van der Waals surface area (Å²) in [6.07, 6.45) is 3.55. The third-order valence-corrected chi connectivity index (χ3v) is 4.21. The van der Waals surface area contributed by atoms with Crippen LogP contribution in [0.4, 0.5) is 11.6 Å². The molecule has 2 N–H and O–H groups in total. The first-order valence-electron chi connectivity index (χ1n) is 8.68. The maximum atomic E-state index is 5.83. The van der Waals surface area contributed by atoms with Crippen molar-refractivity contribution < 1.29 is 9.47 Å². The molecule has 1 saturated heterocycles. The molecule has 4 rings (SSSR count). The number of ether oxygens (including phenoxy) is 2. The normalized spacial score (nSPS) is 17.2. The number of rotatable bonds is 5. The molecule has 1 fully saturated rings. The van der Waals surface area contributed by atoms with Gasteiger partial charge in [-0.25, -0.2) is 4.98 Å². The predicted octanol–water partition coefficient (Wildman–Crippen LogP) is 2.44. The summed E-state index contributed by atoms with van der Waals surface area (Å²) >= 11 is 0. The van der Waals surface area contributed by atoms with Gasteiger partial charge in [0.15, 0.2) is 5.82 Å². The highest BCUT2D eigenvalue weighted by Gasteiger charge is 2.15. The highest BCUT2D eigenvalue weighted by Crippen LogP contribution is 2.21. The monoisotopic (exact) mass is 351 g/mol. The minimum atomic E-state index is 0.0312. The first-order chi connectivity index (χ1) is 12.8. The second-order valence-electron chi connectivity index (χ2n) is 6.20.